The Balaban J connectivity index is 1.77. The number of pyridine rings is 1. The number of ketones is 1. The van der Waals surface area contributed by atoms with Gasteiger partial charge < -0.3 is 30.2 Å². The highest BCUT2D eigenvalue weighted by atomic mass is 19.3. The number of alkyl halides is 4. The van der Waals surface area contributed by atoms with Crippen LogP contribution in [0.5, 0.6) is 0 Å². The van der Waals surface area contributed by atoms with Gasteiger partial charge >= 0.3 is 13.2 Å². The first-order chi connectivity index (χ1) is 19.5. The lowest BCUT2D eigenvalue weighted by molar-refractivity contribution is -0.152. The number of epoxide rings is 1. The highest BCUT2D eigenvalue weighted by Crippen LogP contribution is 2.29. The summed E-state index contributed by atoms with van der Waals surface area (Å²) >= 11 is 0. The van der Waals surface area contributed by atoms with E-state index < -0.39 is 73.7 Å². The molecule has 3 N–H and O–H groups in total. The summed E-state index contributed by atoms with van der Waals surface area (Å²) in [5, 5.41) is 6.73. The van der Waals surface area contributed by atoms with Gasteiger partial charge in [0, 0.05) is 12.4 Å². The molecule has 1 fully saturated rings. The highest BCUT2D eigenvalue weighted by Gasteiger charge is 2.50. The Morgan fingerprint density at radius 2 is 1.44 bits per heavy atom. The largest absolute Gasteiger partial charge is 0.361 e. The fourth-order valence-corrected chi connectivity index (χ4v) is 3.67. The summed E-state index contributed by atoms with van der Waals surface area (Å²) in [7, 11) is 0. The Hall–Kier alpha value is -3.95. The van der Waals surface area contributed by atoms with E-state index in [9.17, 15) is 36.7 Å². The molecular weight excluding hydrogens is 556 g/mol. The zero-order valence-electron chi connectivity index (χ0n) is 21.7. The van der Waals surface area contributed by atoms with E-state index >= 15 is 0 Å². The second kappa shape index (κ2) is 14.6. The molecular formula is C26H28F4N4O7. The van der Waals surface area contributed by atoms with Gasteiger partial charge in [-0.1, -0.05) is 30.3 Å². The van der Waals surface area contributed by atoms with Gasteiger partial charge in [0.1, 0.15) is 17.7 Å². The number of carbonyl (C=O) groups is 4. The fourth-order valence-electron chi connectivity index (χ4n) is 3.67. The quantitative estimate of drug-likeness (QED) is 0.197. The average Bonchev–Trinajstić information content (AvgIpc) is 3.71. The van der Waals surface area contributed by atoms with Crippen molar-refractivity contribution in [2.75, 3.05) is 19.8 Å². The van der Waals surface area contributed by atoms with Crippen LogP contribution < -0.4 is 16.0 Å². The summed E-state index contributed by atoms with van der Waals surface area (Å²) in [6, 6.07) is 6.59. The minimum Gasteiger partial charge on any atom is -0.361 e. The lowest BCUT2D eigenvalue weighted by Crippen LogP contribution is -2.59. The number of rotatable bonds is 16. The van der Waals surface area contributed by atoms with Gasteiger partial charge in [-0.05, 0) is 31.0 Å². The number of carbonyl (C=O) groups excluding carboxylic acids is 4. The molecule has 2 aromatic rings. The lowest BCUT2D eigenvalue weighted by atomic mass is 9.94. The maximum absolute atomic E-state index is 13.2. The molecule has 3 rings (SSSR count). The molecule has 2 heterocycles. The average molecular weight is 585 g/mol. The van der Waals surface area contributed by atoms with Crippen molar-refractivity contribution in [3.05, 3.63) is 66.0 Å². The summed E-state index contributed by atoms with van der Waals surface area (Å²) < 4.78 is 64.8. The number of hydrogen-bond donors (Lipinski definition) is 3. The molecule has 1 aliphatic heterocycles. The van der Waals surface area contributed by atoms with Crippen LogP contribution in [0.2, 0.25) is 0 Å². The number of hydrogen-bond acceptors (Lipinski definition) is 8. The number of Topliss-reactive ketones (excluding diaryl/α,β-unsaturated/α-hetero) is 1. The monoisotopic (exact) mass is 584 g/mol. The molecule has 0 aliphatic carbocycles. The Morgan fingerprint density at radius 1 is 0.878 bits per heavy atom. The third-order valence-electron chi connectivity index (χ3n) is 5.97. The van der Waals surface area contributed by atoms with Crippen molar-refractivity contribution in [2.24, 2.45) is 0 Å². The normalized spacial score (nSPS) is 18.3. The number of benzene rings is 1. The van der Waals surface area contributed by atoms with Crippen LogP contribution in [-0.2, 0) is 35.0 Å². The van der Waals surface area contributed by atoms with Crippen molar-refractivity contribution >= 4 is 23.5 Å². The summed E-state index contributed by atoms with van der Waals surface area (Å²) in [4.78, 5) is 55.5. The molecule has 0 bridgehead atoms. The molecule has 3 amide bonds. The van der Waals surface area contributed by atoms with Gasteiger partial charge in [0.05, 0.1) is 31.4 Å². The molecule has 0 radical (unpaired) electrons. The van der Waals surface area contributed by atoms with Gasteiger partial charge in [0.2, 0.25) is 11.8 Å². The van der Waals surface area contributed by atoms with Crippen molar-refractivity contribution < 1.29 is 51.0 Å². The summed E-state index contributed by atoms with van der Waals surface area (Å²) in [5.74, 6) is -3.66. The van der Waals surface area contributed by atoms with Crippen molar-refractivity contribution in [3.63, 3.8) is 0 Å². The van der Waals surface area contributed by atoms with E-state index in [4.69, 9.17) is 4.74 Å². The van der Waals surface area contributed by atoms with E-state index in [1.807, 2.05) is 0 Å². The van der Waals surface area contributed by atoms with Crippen LogP contribution in [0.15, 0.2) is 54.9 Å². The molecule has 1 aromatic carbocycles. The van der Waals surface area contributed by atoms with Crippen LogP contribution in [0, 0.1) is 0 Å². The zero-order chi connectivity index (χ0) is 30.0. The van der Waals surface area contributed by atoms with Crippen molar-refractivity contribution in [3.8, 4) is 0 Å². The summed E-state index contributed by atoms with van der Waals surface area (Å²) in [5.41, 5.74) is -0.503. The van der Waals surface area contributed by atoms with Crippen LogP contribution in [0.1, 0.15) is 22.8 Å². The van der Waals surface area contributed by atoms with E-state index in [2.05, 4.69) is 30.4 Å². The first-order valence-electron chi connectivity index (χ1n) is 12.3. The Bertz CT molecular complexity index is 1190. The molecule has 11 nitrogen and oxygen atoms in total. The van der Waals surface area contributed by atoms with Crippen LogP contribution in [0.3, 0.4) is 0 Å². The number of aromatic nitrogens is 1. The number of nitrogens with zero attached hydrogens (tertiary/aromatic N) is 1. The van der Waals surface area contributed by atoms with Gasteiger partial charge in [-0.15, -0.1) is 0 Å². The van der Waals surface area contributed by atoms with E-state index in [1.165, 1.54) is 25.3 Å². The minimum absolute atomic E-state index is 0.0178. The maximum Gasteiger partial charge on any atom is 0.345 e. The van der Waals surface area contributed by atoms with Gasteiger partial charge in [-0.25, -0.2) is 0 Å². The van der Waals surface area contributed by atoms with Gasteiger partial charge in [0.15, 0.2) is 5.78 Å². The third kappa shape index (κ3) is 9.88. The van der Waals surface area contributed by atoms with Crippen LogP contribution in [-0.4, -0.2) is 85.3 Å². The molecule has 0 saturated carbocycles. The molecule has 15 heteroatoms. The van der Waals surface area contributed by atoms with E-state index in [-0.39, 0.29) is 18.6 Å². The lowest BCUT2D eigenvalue weighted by Gasteiger charge is -2.26. The topological polar surface area (TPSA) is 148 Å². The molecule has 0 spiro atoms. The number of amides is 3. The second-order valence-corrected chi connectivity index (χ2v) is 9.15. The molecule has 222 valence electrons. The Labute approximate surface area is 231 Å². The van der Waals surface area contributed by atoms with Crippen LogP contribution in [0.25, 0.3) is 0 Å². The summed E-state index contributed by atoms with van der Waals surface area (Å²) in [6.07, 6.45) is 2.55. The van der Waals surface area contributed by atoms with E-state index in [1.54, 1.807) is 30.3 Å². The SMILES string of the molecule is C[C@]1(C(=O)[C@H](Cc2ccccc2)NC(=O)[C@H](COC(F)F)NC(=O)[C@H](COC(F)F)NC(=O)c2cccnc2)CO1. The molecule has 1 aliphatic rings. The standard InChI is InChI=1S/C26H28F4N4O7/c1-26(14-41-26)20(35)17(10-15-6-3-2-4-7-15)32-22(37)19(13-40-25(29)30)34-23(38)18(12-39-24(27)28)33-21(36)16-8-5-9-31-11-16/h2-9,11,17-19,24-25H,10,12-14H2,1H3,(H,32,37)(H,33,36)(H,34,38)/t17-,18-,19-,26+/m0/s1. The maximum atomic E-state index is 13.2. The van der Waals surface area contributed by atoms with Gasteiger partial charge in [-0.2, -0.15) is 17.6 Å². The Morgan fingerprint density at radius 3 is 1.95 bits per heavy atom. The van der Waals surface area contributed by atoms with Crippen LogP contribution >= 0.6 is 0 Å². The number of ether oxygens (including phenoxy) is 3. The van der Waals surface area contributed by atoms with E-state index in [0.29, 0.717) is 5.56 Å². The first-order valence-corrected chi connectivity index (χ1v) is 12.3. The smallest absolute Gasteiger partial charge is 0.345 e. The number of halogens is 4. The van der Waals surface area contributed by atoms with Crippen molar-refractivity contribution in [1.29, 1.82) is 0 Å². The fraction of sp³-hybridized carbons (Fsp3) is 0.423. The first kappa shape index (κ1) is 31.6. The third-order valence-corrected chi connectivity index (χ3v) is 5.97. The summed E-state index contributed by atoms with van der Waals surface area (Å²) in [6.45, 7) is -7.07. The molecule has 1 aromatic heterocycles. The highest BCUT2D eigenvalue weighted by molar-refractivity contribution is 6.00. The van der Waals surface area contributed by atoms with Gasteiger partial charge in [-0.3, -0.25) is 24.2 Å². The zero-order valence-corrected chi connectivity index (χ0v) is 21.7. The second-order valence-electron chi connectivity index (χ2n) is 9.15. The van der Waals surface area contributed by atoms with Crippen molar-refractivity contribution in [1.82, 2.24) is 20.9 Å². The molecule has 41 heavy (non-hydrogen) atoms. The number of nitrogens with one attached hydrogen (secondary N) is 3. The predicted octanol–water partition coefficient (Wildman–Crippen LogP) is 1.23. The predicted molar refractivity (Wildman–Crippen MR) is 133 cm³/mol. The van der Waals surface area contributed by atoms with Crippen molar-refractivity contribution in [2.45, 2.75) is 50.3 Å². The van der Waals surface area contributed by atoms with Gasteiger partial charge in [0.25, 0.3) is 5.91 Å². The van der Waals surface area contributed by atoms with Crippen LogP contribution in [0.4, 0.5) is 17.6 Å². The molecule has 1 saturated heterocycles. The Kier molecular flexibility index (Phi) is 11.3. The molecule has 0 unspecified atom stereocenters. The molecule has 4 atom stereocenters. The minimum atomic E-state index is -3.33. The van der Waals surface area contributed by atoms with E-state index in [0.717, 1.165) is 6.20 Å².